The van der Waals surface area contributed by atoms with Crippen LogP contribution in [0.2, 0.25) is 0 Å². The summed E-state index contributed by atoms with van der Waals surface area (Å²) in [5.74, 6) is 0. The summed E-state index contributed by atoms with van der Waals surface area (Å²) in [6.07, 6.45) is 3.82. The van der Waals surface area contributed by atoms with Gasteiger partial charge in [-0.3, -0.25) is 14.1 Å². The Labute approximate surface area is 169 Å². The maximum absolute atomic E-state index is 13.1. The number of benzene rings is 2. The first-order chi connectivity index (χ1) is 13.9. The van der Waals surface area contributed by atoms with Crippen LogP contribution in [0.4, 0.5) is 0 Å². The van der Waals surface area contributed by atoms with Gasteiger partial charge in [0.15, 0.2) is 0 Å². The Balaban J connectivity index is 2.01. The van der Waals surface area contributed by atoms with Crippen LogP contribution in [0, 0.1) is 11.3 Å². The number of imidazole rings is 1. The van der Waals surface area contributed by atoms with Gasteiger partial charge in [-0.05, 0) is 55.7 Å². The summed E-state index contributed by atoms with van der Waals surface area (Å²) in [6.45, 7) is 5.94. The van der Waals surface area contributed by atoms with Gasteiger partial charge < -0.3 is 0 Å². The molecule has 0 aliphatic rings. The molecule has 0 unspecified atom stereocenters. The Kier molecular flexibility index (Phi) is 4.50. The normalized spacial score (nSPS) is 11.8. The van der Waals surface area contributed by atoms with Crippen LogP contribution in [0.15, 0.2) is 53.5 Å². The van der Waals surface area contributed by atoms with Gasteiger partial charge in [-0.25, -0.2) is 4.79 Å². The van der Waals surface area contributed by atoms with Gasteiger partial charge in [0.2, 0.25) is 0 Å². The molecule has 0 fully saturated rings. The first kappa shape index (κ1) is 18.9. The minimum absolute atomic E-state index is 0.109. The van der Waals surface area contributed by atoms with Crippen LogP contribution in [-0.4, -0.2) is 14.1 Å². The molecule has 4 aromatic rings. The summed E-state index contributed by atoms with van der Waals surface area (Å²) in [6, 6.07) is 16.3. The van der Waals surface area contributed by atoms with Crippen LogP contribution in [0.5, 0.6) is 0 Å². The van der Waals surface area contributed by atoms with Gasteiger partial charge in [-0.15, -0.1) is 0 Å². The van der Waals surface area contributed by atoms with E-state index < -0.39 is 5.41 Å². The highest BCUT2D eigenvalue weighted by Gasteiger charge is 2.21. The number of aromatic nitrogens is 3. The zero-order chi connectivity index (χ0) is 20.8. The quantitative estimate of drug-likeness (QED) is 0.515. The minimum Gasteiger partial charge on any atom is -0.293 e. The number of fused-ring (bicyclic) bond motifs is 3. The van der Waals surface area contributed by atoms with Gasteiger partial charge in [0.25, 0.3) is 0 Å². The number of pyridine rings is 1. The van der Waals surface area contributed by atoms with Crippen molar-refractivity contribution in [2.24, 2.45) is 7.05 Å². The highest BCUT2D eigenvalue weighted by molar-refractivity contribution is 6.03. The van der Waals surface area contributed by atoms with Crippen molar-refractivity contribution < 1.29 is 0 Å². The van der Waals surface area contributed by atoms with Crippen molar-refractivity contribution in [3.8, 4) is 11.8 Å². The Morgan fingerprint density at radius 2 is 1.86 bits per heavy atom. The maximum Gasteiger partial charge on any atom is 0.333 e. The molecule has 29 heavy (non-hydrogen) atoms. The lowest BCUT2D eigenvalue weighted by molar-refractivity contribution is 0.686. The molecular formula is C24H24N4O. The number of aryl methyl sites for hydroxylation is 2. The molecule has 0 aliphatic heterocycles. The summed E-state index contributed by atoms with van der Waals surface area (Å²) in [5, 5.41) is 10.4. The SMILES string of the molecule is CCCc1ccc2ncc3c(c2c1)n(-c1ccc(C(C)(C)C#N)cc1)c(=O)n3C. The zero-order valence-electron chi connectivity index (χ0n) is 17.2. The lowest BCUT2D eigenvalue weighted by atomic mass is 9.86. The summed E-state index contributed by atoms with van der Waals surface area (Å²) in [5.41, 5.74) is 4.81. The fourth-order valence-corrected chi connectivity index (χ4v) is 3.82. The molecule has 0 saturated carbocycles. The van der Waals surface area contributed by atoms with Crippen molar-refractivity contribution in [2.45, 2.75) is 39.0 Å². The highest BCUT2D eigenvalue weighted by atomic mass is 16.1. The molecule has 5 heteroatoms. The summed E-state index contributed by atoms with van der Waals surface area (Å²) >= 11 is 0. The minimum atomic E-state index is -0.575. The predicted octanol–water partition coefficient (Wildman–Crippen LogP) is 4.63. The van der Waals surface area contributed by atoms with E-state index in [1.54, 1.807) is 22.4 Å². The molecule has 146 valence electrons. The maximum atomic E-state index is 13.1. The smallest absolute Gasteiger partial charge is 0.293 e. The van der Waals surface area contributed by atoms with E-state index in [9.17, 15) is 10.1 Å². The van der Waals surface area contributed by atoms with Crippen molar-refractivity contribution in [3.05, 3.63) is 70.3 Å². The van der Waals surface area contributed by atoms with Gasteiger partial charge in [0.05, 0.1) is 39.9 Å². The van der Waals surface area contributed by atoms with Gasteiger partial charge in [0, 0.05) is 12.4 Å². The molecule has 0 aliphatic carbocycles. The van der Waals surface area contributed by atoms with Gasteiger partial charge >= 0.3 is 5.69 Å². The number of nitrogens with zero attached hydrogens (tertiary/aromatic N) is 4. The molecule has 0 bridgehead atoms. The molecule has 5 nitrogen and oxygen atoms in total. The standard InChI is InChI=1S/C24H24N4O/c1-5-6-16-7-12-20-19(13-16)22-21(14-26-20)27(4)23(29)28(22)18-10-8-17(9-11-18)24(2,3)15-25/h7-14H,5-6H2,1-4H3. The molecule has 0 spiro atoms. The average molecular weight is 384 g/mol. The monoisotopic (exact) mass is 384 g/mol. The summed E-state index contributed by atoms with van der Waals surface area (Å²) in [7, 11) is 1.78. The molecule has 0 saturated heterocycles. The summed E-state index contributed by atoms with van der Waals surface area (Å²) in [4.78, 5) is 17.7. The fourth-order valence-electron chi connectivity index (χ4n) is 3.82. The van der Waals surface area contributed by atoms with Crippen LogP contribution in [0.1, 0.15) is 38.3 Å². The van der Waals surface area contributed by atoms with Crippen LogP contribution in [-0.2, 0) is 18.9 Å². The van der Waals surface area contributed by atoms with Crippen molar-refractivity contribution in [2.75, 3.05) is 0 Å². The fraction of sp³-hybridized carbons (Fsp3) is 0.292. The second kappa shape index (κ2) is 6.89. The van der Waals surface area contributed by atoms with E-state index >= 15 is 0 Å². The Bertz CT molecular complexity index is 1320. The van der Waals surface area contributed by atoms with Crippen LogP contribution in [0.25, 0.3) is 27.6 Å². The Hall–Kier alpha value is -3.39. The van der Waals surface area contributed by atoms with E-state index in [0.717, 1.165) is 46.0 Å². The van der Waals surface area contributed by atoms with Crippen molar-refractivity contribution in [1.29, 1.82) is 5.26 Å². The number of hydrogen-bond acceptors (Lipinski definition) is 3. The molecule has 0 radical (unpaired) electrons. The van der Waals surface area contributed by atoms with Crippen molar-refractivity contribution >= 4 is 21.9 Å². The molecular weight excluding hydrogens is 360 g/mol. The van der Waals surface area contributed by atoms with E-state index in [0.29, 0.717) is 0 Å². The topological polar surface area (TPSA) is 63.6 Å². The molecule has 2 aromatic heterocycles. The van der Waals surface area contributed by atoms with E-state index in [2.05, 4.69) is 30.1 Å². The first-order valence-electron chi connectivity index (χ1n) is 9.88. The highest BCUT2D eigenvalue weighted by Crippen LogP contribution is 2.28. The second-order valence-corrected chi connectivity index (χ2v) is 8.05. The third kappa shape index (κ3) is 3.01. The van der Waals surface area contributed by atoms with Gasteiger partial charge in [0.1, 0.15) is 0 Å². The first-order valence-corrected chi connectivity index (χ1v) is 9.88. The van der Waals surface area contributed by atoms with Gasteiger partial charge in [-0.1, -0.05) is 31.5 Å². The molecule has 0 N–H and O–H groups in total. The van der Waals surface area contributed by atoms with E-state index in [1.165, 1.54) is 5.56 Å². The van der Waals surface area contributed by atoms with Crippen molar-refractivity contribution in [1.82, 2.24) is 14.1 Å². The summed E-state index contributed by atoms with van der Waals surface area (Å²) < 4.78 is 3.39. The van der Waals surface area contributed by atoms with Gasteiger partial charge in [-0.2, -0.15) is 5.26 Å². The molecule has 4 rings (SSSR count). The predicted molar refractivity (Wildman–Crippen MR) is 116 cm³/mol. The van der Waals surface area contributed by atoms with Crippen LogP contribution in [0.3, 0.4) is 0 Å². The Morgan fingerprint density at radius 3 is 2.52 bits per heavy atom. The van der Waals surface area contributed by atoms with E-state index in [4.69, 9.17) is 0 Å². The number of hydrogen-bond donors (Lipinski definition) is 0. The van der Waals surface area contributed by atoms with Crippen molar-refractivity contribution in [3.63, 3.8) is 0 Å². The van der Waals surface area contributed by atoms with Crippen LogP contribution < -0.4 is 5.69 Å². The second-order valence-electron chi connectivity index (χ2n) is 8.05. The number of rotatable bonds is 4. The van der Waals surface area contributed by atoms with E-state index in [-0.39, 0.29) is 5.69 Å². The van der Waals surface area contributed by atoms with E-state index in [1.807, 2.05) is 44.2 Å². The number of nitriles is 1. The third-order valence-electron chi connectivity index (χ3n) is 5.61. The largest absolute Gasteiger partial charge is 0.333 e. The molecule has 2 heterocycles. The molecule has 0 atom stereocenters. The molecule has 2 aromatic carbocycles. The zero-order valence-corrected chi connectivity index (χ0v) is 17.2. The lowest BCUT2D eigenvalue weighted by Gasteiger charge is -2.16. The third-order valence-corrected chi connectivity index (χ3v) is 5.61. The average Bonchev–Trinajstić information content (AvgIpc) is 2.99. The van der Waals surface area contributed by atoms with Crippen LogP contribution >= 0.6 is 0 Å². The lowest BCUT2D eigenvalue weighted by Crippen LogP contribution is -2.21. The Morgan fingerprint density at radius 1 is 1.14 bits per heavy atom. The molecule has 0 amide bonds.